The van der Waals surface area contributed by atoms with Gasteiger partial charge in [-0.25, -0.2) is 9.97 Å². The molecule has 2 aliphatic heterocycles. The monoisotopic (exact) mass is 563 g/mol. The van der Waals surface area contributed by atoms with E-state index in [-0.39, 0.29) is 17.9 Å². The number of aromatic nitrogens is 4. The highest BCUT2D eigenvalue weighted by molar-refractivity contribution is 7.75. The quantitative estimate of drug-likeness (QED) is 0.383. The molecule has 38 heavy (non-hydrogen) atoms. The molecule has 4 heterocycles. The maximum absolute atomic E-state index is 11.2. The van der Waals surface area contributed by atoms with Crippen LogP contribution in [0.3, 0.4) is 0 Å². The Labute approximate surface area is 228 Å². The molecule has 3 aromatic rings. The molecule has 0 amide bonds. The van der Waals surface area contributed by atoms with Gasteiger partial charge in [0.1, 0.15) is 18.2 Å². The van der Waals surface area contributed by atoms with E-state index in [4.69, 9.17) is 34.0 Å². The number of hydrogen-bond acceptors (Lipinski definition) is 11. The van der Waals surface area contributed by atoms with Crippen LogP contribution in [0.15, 0.2) is 29.0 Å². The lowest BCUT2D eigenvalue weighted by Gasteiger charge is -2.30. The van der Waals surface area contributed by atoms with Crippen molar-refractivity contribution in [2.45, 2.75) is 52.1 Å². The molecule has 0 radical (unpaired) electrons. The maximum atomic E-state index is 11.2. The molecule has 5 rings (SSSR count). The standard InChI is InChI=1S/C25H30ClN5O6S/c1-15(2)22-29-25(37-30-22)31-8-6-19(7-9-31)35-23-16(3)24(28-14-27-23)36-21-5-4-17(11-20(21)26)10-18-12-33-38(32)34-13-18/h4-5,11,14-15,18-19H,6-10,12-13H2,1-3H3/t18-,38-. The van der Waals surface area contributed by atoms with E-state index in [2.05, 4.69) is 25.0 Å². The lowest BCUT2D eigenvalue weighted by molar-refractivity contribution is 0.124. The first-order chi connectivity index (χ1) is 18.4. The van der Waals surface area contributed by atoms with Gasteiger partial charge in [0.25, 0.3) is 0 Å². The fourth-order valence-electron chi connectivity index (χ4n) is 4.25. The van der Waals surface area contributed by atoms with Gasteiger partial charge in [-0.3, -0.25) is 8.37 Å². The van der Waals surface area contributed by atoms with Crippen LogP contribution in [-0.2, 0) is 26.1 Å². The van der Waals surface area contributed by atoms with Gasteiger partial charge in [0.15, 0.2) is 5.82 Å². The van der Waals surface area contributed by atoms with Gasteiger partial charge in [-0.15, -0.1) is 0 Å². The molecule has 0 bridgehead atoms. The molecular formula is C25H30ClN5O6S. The number of anilines is 1. The fourth-order valence-corrected chi connectivity index (χ4v) is 5.16. The minimum atomic E-state index is -1.65. The van der Waals surface area contributed by atoms with Crippen LogP contribution in [0, 0.1) is 12.8 Å². The van der Waals surface area contributed by atoms with Crippen LogP contribution in [0.5, 0.6) is 17.5 Å². The molecule has 0 atom stereocenters. The van der Waals surface area contributed by atoms with E-state index in [0.717, 1.165) is 31.5 Å². The molecule has 0 unspecified atom stereocenters. The molecular weight excluding hydrogens is 534 g/mol. The molecule has 0 aliphatic carbocycles. The van der Waals surface area contributed by atoms with Crippen molar-refractivity contribution in [3.8, 4) is 17.5 Å². The minimum Gasteiger partial charge on any atom is -0.474 e. The van der Waals surface area contributed by atoms with E-state index in [0.29, 0.717) is 59.6 Å². The van der Waals surface area contributed by atoms with Gasteiger partial charge >= 0.3 is 17.4 Å². The maximum Gasteiger partial charge on any atom is 0.324 e. The van der Waals surface area contributed by atoms with Crippen molar-refractivity contribution in [1.82, 2.24) is 20.1 Å². The summed E-state index contributed by atoms with van der Waals surface area (Å²) >= 11 is 4.87. The van der Waals surface area contributed by atoms with Crippen LogP contribution < -0.4 is 14.4 Å². The van der Waals surface area contributed by atoms with Gasteiger partial charge in [0, 0.05) is 37.8 Å². The van der Waals surface area contributed by atoms with Crippen LogP contribution in [0.4, 0.5) is 6.01 Å². The third kappa shape index (κ3) is 6.42. The molecule has 11 nitrogen and oxygen atoms in total. The van der Waals surface area contributed by atoms with Crippen LogP contribution in [0.25, 0.3) is 0 Å². The Balaban J connectivity index is 1.18. The van der Waals surface area contributed by atoms with Gasteiger partial charge in [-0.1, -0.05) is 36.7 Å². The van der Waals surface area contributed by atoms with Crippen molar-refractivity contribution in [1.29, 1.82) is 0 Å². The second-order valence-electron chi connectivity index (χ2n) is 9.71. The molecule has 2 aromatic heterocycles. The Hall–Kier alpha value is -2.80. The highest BCUT2D eigenvalue weighted by Gasteiger charge is 2.26. The van der Waals surface area contributed by atoms with E-state index in [1.165, 1.54) is 6.33 Å². The highest BCUT2D eigenvalue weighted by atomic mass is 35.5. The van der Waals surface area contributed by atoms with E-state index in [9.17, 15) is 4.21 Å². The Kier molecular flexibility index (Phi) is 8.42. The van der Waals surface area contributed by atoms with E-state index in [1.54, 1.807) is 6.07 Å². The number of rotatable bonds is 8. The summed E-state index contributed by atoms with van der Waals surface area (Å²) in [4.78, 5) is 15.2. The topological polar surface area (TPSA) is 122 Å². The zero-order valence-corrected chi connectivity index (χ0v) is 23.0. The first-order valence-electron chi connectivity index (χ1n) is 12.6. The molecule has 0 N–H and O–H groups in total. The van der Waals surface area contributed by atoms with Crippen molar-refractivity contribution in [3.63, 3.8) is 0 Å². The van der Waals surface area contributed by atoms with E-state index in [1.807, 2.05) is 32.9 Å². The summed E-state index contributed by atoms with van der Waals surface area (Å²) in [5, 5.41) is 4.51. The molecule has 0 spiro atoms. The predicted molar refractivity (Wildman–Crippen MR) is 140 cm³/mol. The highest BCUT2D eigenvalue weighted by Crippen LogP contribution is 2.34. The minimum absolute atomic E-state index is 0.00626. The zero-order valence-electron chi connectivity index (χ0n) is 21.5. The van der Waals surface area contributed by atoms with Crippen molar-refractivity contribution in [2.75, 3.05) is 31.2 Å². The molecule has 2 saturated heterocycles. The lowest BCUT2D eigenvalue weighted by Crippen LogP contribution is -2.38. The number of halogens is 1. The van der Waals surface area contributed by atoms with Crippen molar-refractivity contribution >= 4 is 29.0 Å². The molecule has 2 aliphatic rings. The number of piperidine rings is 1. The lowest BCUT2D eigenvalue weighted by atomic mass is 10.0. The molecule has 1 aromatic carbocycles. The number of benzene rings is 1. The first-order valence-corrected chi connectivity index (χ1v) is 13.9. The van der Waals surface area contributed by atoms with Crippen LogP contribution in [-0.4, -0.2) is 56.7 Å². The first kappa shape index (κ1) is 26.8. The van der Waals surface area contributed by atoms with Gasteiger partial charge in [-0.05, 0) is 31.0 Å². The Morgan fingerprint density at radius 3 is 2.58 bits per heavy atom. The summed E-state index contributed by atoms with van der Waals surface area (Å²) in [6.07, 6.45) is 3.69. The van der Waals surface area contributed by atoms with E-state index < -0.39 is 11.4 Å². The number of hydrogen-bond donors (Lipinski definition) is 0. The normalized spacial score (nSPS) is 20.6. The smallest absolute Gasteiger partial charge is 0.324 e. The second kappa shape index (κ2) is 11.9. The largest absolute Gasteiger partial charge is 0.474 e. The summed E-state index contributed by atoms with van der Waals surface area (Å²) in [5.41, 5.74) is 1.70. The summed E-state index contributed by atoms with van der Waals surface area (Å²) in [6, 6.07) is 6.14. The molecule has 2 fully saturated rings. The average Bonchev–Trinajstić information content (AvgIpc) is 3.41. The van der Waals surface area contributed by atoms with Crippen LogP contribution >= 0.6 is 11.6 Å². The summed E-state index contributed by atoms with van der Waals surface area (Å²) in [5.74, 6) is 2.38. The van der Waals surface area contributed by atoms with E-state index >= 15 is 0 Å². The Morgan fingerprint density at radius 2 is 1.89 bits per heavy atom. The van der Waals surface area contributed by atoms with Crippen molar-refractivity contribution in [2.24, 2.45) is 5.92 Å². The van der Waals surface area contributed by atoms with Crippen molar-refractivity contribution in [3.05, 3.63) is 46.5 Å². The van der Waals surface area contributed by atoms with Gasteiger partial charge in [0.05, 0.1) is 23.8 Å². The number of ether oxygens (including phenoxy) is 2. The van der Waals surface area contributed by atoms with Crippen LogP contribution in [0.1, 0.15) is 49.6 Å². The fraction of sp³-hybridized carbons (Fsp3) is 0.520. The number of nitrogens with zero attached hydrogens (tertiary/aromatic N) is 5. The summed E-state index contributed by atoms with van der Waals surface area (Å²) in [7, 11) is 0. The Bertz CT molecular complexity index is 1270. The summed E-state index contributed by atoms with van der Waals surface area (Å²) < 4.78 is 39.0. The van der Waals surface area contributed by atoms with Gasteiger partial charge in [0.2, 0.25) is 11.8 Å². The second-order valence-corrected chi connectivity index (χ2v) is 11.0. The molecule has 13 heteroatoms. The average molecular weight is 564 g/mol. The molecule has 204 valence electrons. The predicted octanol–water partition coefficient (Wildman–Crippen LogP) is 4.57. The third-order valence-electron chi connectivity index (χ3n) is 6.46. The van der Waals surface area contributed by atoms with Gasteiger partial charge < -0.3 is 18.9 Å². The third-order valence-corrected chi connectivity index (χ3v) is 7.41. The molecule has 0 saturated carbocycles. The SMILES string of the molecule is Cc1c(Oc2ccc(C[C@H]3CO[S@](=O)OC3)cc2Cl)ncnc1OC1CCN(c2nc(C(C)C)no2)CC1. The van der Waals surface area contributed by atoms with Crippen molar-refractivity contribution < 1.29 is 26.6 Å². The zero-order chi connectivity index (χ0) is 26.6. The van der Waals surface area contributed by atoms with Gasteiger partial charge in [-0.2, -0.15) is 9.19 Å². The Morgan fingerprint density at radius 1 is 1.16 bits per heavy atom. The van der Waals surface area contributed by atoms with Crippen LogP contribution in [0.2, 0.25) is 5.02 Å². The summed E-state index contributed by atoms with van der Waals surface area (Å²) in [6.45, 7) is 8.18.